The lowest BCUT2D eigenvalue weighted by Crippen LogP contribution is -2.37. The lowest BCUT2D eigenvalue weighted by molar-refractivity contribution is -0.122. The Morgan fingerprint density at radius 3 is 2.79 bits per heavy atom. The third-order valence-corrected chi connectivity index (χ3v) is 5.76. The third kappa shape index (κ3) is 3.79. The average molecular weight is 379 g/mol. The number of nitrogens with zero attached hydrogens (tertiary/aromatic N) is 2. The molecule has 2 aromatic heterocycles. The van der Waals surface area contributed by atoms with Crippen molar-refractivity contribution in [3.05, 3.63) is 71.4 Å². The van der Waals surface area contributed by atoms with Crippen molar-refractivity contribution in [1.29, 1.82) is 0 Å². The van der Waals surface area contributed by atoms with E-state index >= 15 is 0 Å². The summed E-state index contributed by atoms with van der Waals surface area (Å²) in [5.74, 6) is -0.704. The van der Waals surface area contributed by atoms with Crippen LogP contribution in [0.3, 0.4) is 0 Å². The number of nitrogens with one attached hydrogen (secondary N) is 1. The van der Waals surface area contributed by atoms with Crippen molar-refractivity contribution in [2.24, 2.45) is 0 Å². The SMILES string of the molecule is Cc1cccn2c(C(CC(=O)NC3CCCCC3)c3ccccc3F)cnc12. The summed E-state index contributed by atoms with van der Waals surface area (Å²) in [4.78, 5) is 17.4. The van der Waals surface area contributed by atoms with E-state index in [1.165, 1.54) is 12.5 Å². The fraction of sp³-hybridized carbons (Fsp3) is 0.391. The van der Waals surface area contributed by atoms with Crippen molar-refractivity contribution in [3.8, 4) is 0 Å². The molecule has 146 valence electrons. The summed E-state index contributed by atoms with van der Waals surface area (Å²) in [7, 11) is 0. The van der Waals surface area contributed by atoms with Gasteiger partial charge in [-0.25, -0.2) is 9.37 Å². The molecule has 0 saturated heterocycles. The number of amides is 1. The summed E-state index contributed by atoms with van der Waals surface area (Å²) < 4.78 is 16.6. The standard InChI is InChI=1S/C23H26FN3O/c1-16-8-7-13-27-21(15-25-23(16)27)19(18-11-5-6-12-20(18)24)14-22(28)26-17-9-3-2-4-10-17/h5-8,11-13,15,17,19H,2-4,9-10,14H2,1H3,(H,26,28). The van der Waals surface area contributed by atoms with Crippen LogP contribution >= 0.6 is 0 Å². The molecule has 1 amide bonds. The maximum absolute atomic E-state index is 14.7. The first-order valence-corrected chi connectivity index (χ1v) is 10.1. The highest BCUT2D eigenvalue weighted by molar-refractivity contribution is 5.78. The van der Waals surface area contributed by atoms with Crippen molar-refractivity contribution >= 4 is 11.6 Å². The summed E-state index contributed by atoms with van der Waals surface area (Å²) in [6.45, 7) is 2.00. The van der Waals surface area contributed by atoms with Crippen LogP contribution < -0.4 is 5.32 Å². The molecule has 0 spiro atoms. The van der Waals surface area contributed by atoms with Crippen LogP contribution in [0, 0.1) is 12.7 Å². The zero-order valence-electron chi connectivity index (χ0n) is 16.2. The summed E-state index contributed by atoms with van der Waals surface area (Å²) in [6, 6.07) is 10.9. The fourth-order valence-corrected chi connectivity index (χ4v) is 4.28. The van der Waals surface area contributed by atoms with Crippen molar-refractivity contribution < 1.29 is 9.18 Å². The molecular weight excluding hydrogens is 353 g/mol. The number of carbonyl (C=O) groups excluding carboxylic acids is 1. The molecule has 1 atom stereocenters. The maximum Gasteiger partial charge on any atom is 0.221 e. The van der Waals surface area contributed by atoms with Crippen LogP contribution in [0.15, 0.2) is 48.8 Å². The second-order valence-electron chi connectivity index (χ2n) is 7.75. The number of carbonyl (C=O) groups is 1. The molecule has 1 aliphatic rings. The van der Waals surface area contributed by atoms with E-state index < -0.39 is 0 Å². The van der Waals surface area contributed by atoms with Gasteiger partial charge in [-0.2, -0.15) is 0 Å². The van der Waals surface area contributed by atoms with E-state index in [2.05, 4.69) is 10.3 Å². The van der Waals surface area contributed by atoms with Gasteiger partial charge in [0, 0.05) is 30.8 Å². The summed E-state index contributed by atoms with van der Waals surface area (Å²) in [5.41, 5.74) is 3.26. The predicted octanol–water partition coefficient (Wildman–Crippen LogP) is 4.75. The topological polar surface area (TPSA) is 46.4 Å². The Labute approximate surface area is 164 Å². The van der Waals surface area contributed by atoms with Gasteiger partial charge in [-0.3, -0.25) is 4.79 Å². The molecule has 0 bridgehead atoms. The van der Waals surface area contributed by atoms with Gasteiger partial charge >= 0.3 is 0 Å². The first-order chi connectivity index (χ1) is 13.6. The van der Waals surface area contributed by atoms with E-state index in [9.17, 15) is 9.18 Å². The predicted molar refractivity (Wildman–Crippen MR) is 108 cm³/mol. The number of benzene rings is 1. The van der Waals surface area contributed by atoms with E-state index in [1.807, 2.05) is 35.7 Å². The van der Waals surface area contributed by atoms with Crippen molar-refractivity contribution in [2.45, 2.75) is 57.4 Å². The van der Waals surface area contributed by atoms with Gasteiger partial charge in [0.15, 0.2) is 0 Å². The zero-order valence-corrected chi connectivity index (χ0v) is 16.2. The average Bonchev–Trinajstić information content (AvgIpc) is 3.13. The van der Waals surface area contributed by atoms with Gasteiger partial charge < -0.3 is 9.72 Å². The molecule has 1 saturated carbocycles. The van der Waals surface area contributed by atoms with Gasteiger partial charge in [0.05, 0.1) is 5.69 Å². The minimum Gasteiger partial charge on any atom is -0.353 e. The normalized spacial score (nSPS) is 16.2. The molecule has 4 nitrogen and oxygen atoms in total. The van der Waals surface area contributed by atoms with Gasteiger partial charge in [0.2, 0.25) is 5.91 Å². The molecule has 2 heterocycles. The van der Waals surface area contributed by atoms with E-state index in [0.29, 0.717) is 5.56 Å². The smallest absolute Gasteiger partial charge is 0.221 e. The maximum atomic E-state index is 14.7. The quantitative estimate of drug-likeness (QED) is 0.695. The number of aryl methyl sites for hydroxylation is 1. The van der Waals surface area contributed by atoms with Gasteiger partial charge in [-0.15, -0.1) is 0 Å². The van der Waals surface area contributed by atoms with Crippen molar-refractivity contribution in [2.75, 3.05) is 0 Å². The number of halogens is 1. The first kappa shape index (κ1) is 18.7. The second kappa shape index (κ2) is 8.13. The summed E-state index contributed by atoms with van der Waals surface area (Å²) >= 11 is 0. The molecule has 3 aromatic rings. The molecule has 0 aliphatic heterocycles. The van der Waals surface area contributed by atoms with Crippen LogP contribution in [-0.2, 0) is 4.79 Å². The molecule has 1 N–H and O–H groups in total. The number of hydrogen-bond donors (Lipinski definition) is 1. The summed E-state index contributed by atoms with van der Waals surface area (Å²) in [5, 5.41) is 3.17. The Morgan fingerprint density at radius 2 is 2.00 bits per heavy atom. The van der Waals surface area contributed by atoms with Crippen LogP contribution in [0.2, 0.25) is 0 Å². The highest BCUT2D eigenvalue weighted by atomic mass is 19.1. The van der Waals surface area contributed by atoms with Crippen LogP contribution in [0.1, 0.15) is 61.3 Å². The van der Waals surface area contributed by atoms with Crippen LogP contribution in [0.25, 0.3) is 5.65 Å². The Bertz CT molecular complexity index is 975. The third-order valence-electron chi connectivity index (χ3n) is 5.76. The highest BCUT2D eigenvalue weighted by Crippen LogP contribution is 2.31. The van der Waals surface area contributed by atoms with E-state index in [0.717, 1.165) is 42.6 Å². The lowest BCUT2D eigenvalue weighted by Gasteiger charge is -2.24. The van der Waals surface area contributed by atoms with Crippen LogP contribution in [-0.4, -0.2) is 21.3 Å². The van der Waals surface area contributed by atoms with Gasteiger partial charge in [0.25, 0.3) is 0 Å². The molecule has 1 aromatic carbocycles. The monoisotopic (exact) mass is 379 g/mol. The van der Waals surface area contributed by atoms with Gasteiger partial charge in [-0.05, 0) is 43.0 Å². The molecule has 5 heteroatoms. The summed E-state index contributed by atoms with van der Waals surface area (Å²) in [6.07, 6.45) is 9.54. The largest absolute Gasteiger partial charge is 0.353 e. The van der Waals surface area contributed by atoms with E-state index in [4.69, 9.17) is 0 Å². The molecule has 4 rings (SSSR count). The van der Waals surface area contributed by atoms with E-state index in [1.54, 1.807) is 18.3 Å². The van der Waals surface area contributed by atoms with Crippen LogP contribution in [0.4, 0.5) is 4.39 Å². The van der Waals surface area contributed by atoms with Crippen LogP contribution in [0.5, 0.6) is 0 Å². The number of imidazole rings is 1. The number of fused-ring (bicyclic) bond motifs is 1. The number of aromatic nitrogens is 2. The zero-order chi connectivity index (χ0) is 19.5. The van der Waals surface area contributed by atoms with Crippen molar-refractivity contribution in [1.82, 2.24) is 14.7 Å². The highest BCUT2D eigenvalue weighted by Gasteiger charge is 2.26. The molecule has 28 heavy (non-hydrogen) atoms. The second-order valence-corrected chi connectivity index (χ2v) is 7.75. The van der Waals surface area contributed by atoms with Crippen molar-refractivity contribution in [3.63, 3.8) is 0 Å². The Morgan fingerprint density at radius 1 is 1.21 bits per heavy atom. The fourth-order valence-electron chi connectivity index (χ4n) is 4.28. The molecular formula is C23H26FN3O. The van der Waals surface area contributed by atoms with Gasteiger partial charge in [0.1, 0.15) is 11.5 Å². The molecule has 1 unspecified atom stereocenters. The number of hydrogen-bond acceptors (Lipinski definition) is 2. The van der Waals surface area contributed by atoms with Gasteiger partial charge in [-0.1, -0.05) is 43.5 Å². The minimum absolute atomic E-state index is 0.0252. The molecule has 1 fully saturated rings. The Balaban J connectivity index is 1.67. The number of pyridine rings is 1. The molecule has 0 radical (unpaired) electrons. The first-order valence-electron chi connectivity index (χ1n) is 10.1. The minimum atomic E-state index is -0.387. The molecule has 1 aliphatic carbocycles. The lowest BCUT2D eigenvalue weighted by atomic mass is 9.91. The Hall–Kier alpha value is -2.69. The number of rotatable bonds is 5. The Kier molecular flexibility index (Phi) is 5.42. The van der Waals surface area contributed by atoms with E-state index in [-0.39, 0.29) is 30.1 Å².